The Hall–Kier alpha value is -0.500. The monoisotopic (exact) mass is 332 g/mol. The molecule has 1 aliphatic rings. The summed E-state index contributed by atoms with van der Waals surface area (Å²) < 4.78 is 29.4. The van der Waals surface area contributed by atoms with Crippen LogP contribution in [-0.4, -0.2) is 35.6 Å². The van der Waals surface area contributed by atoms with Crippen LogP contribution in [0.3, 0.4) is 0 Å². The molecule has 7 heteroatoms. The Labute approximate surface area is 131 Å². The summed E-state index contributed by atoms with van der Waals surface area (Å²) >= 11 is 1.81. The number of hydrogen-bond donors (Lipinski definition) is 2. The van der Waals surface area contributed by atoms with Crippen LogP contribution in [0.25, 0.3) is 0 Å². The number of nitrogens with zero attached hydrogens (tertiary/aromatic N) is 1. The van der Waals surface area contributed by atoms with Gasteiger partial charge in [0.1, 0.15) is 0 Å². The van der Waals surface area contributed by atoms with Gasteiger partial charge >= 0.3 is 0 Å². The van der Waals surface area contributed by atoms with E-state index in [4.69, 9.17) is 0 Å². The van der Waals surface area contributed by atoms with Crippen LogP contribution in [0.5, 0.6) is 0 Å². The molecular weight excluding hydrogens is 308 g/mol. The van der Waals surface area contributed by atoms with Crippen molar-refractivity contribution in [1.82, 2.24) is 9.29 Å². The summed E-state index contributed by atoms with van der Waals surface area (Å²) in [4.78, 5) is 0.258. The van der Waals surface area contributed by atoms with Gasteiger partial charge in [-0.05, 0) is 43.8 Å². The van der Waals surface area contributed by atoms with Gasteiger partial charge in [-0.3, -0.25) is 0 Å². The molecule has 5 nitrogen and oxygen atoms in total. The molecule has 0 bridgehead atoms. The van der Waals surface area contributed by atoms with Gasteiger partial charge in [-0.25, -0.2) is 13.1 Å². The lowest BCUT2D eigenvalue weighted by Gasteiger charge is -2.13. The lowest BCUT2D eigenvalue weighted by molar-refractivity contribution is 0.270. The second-order valence-electron chi connectivity index (χ2n) is 5.47. The van der Waals surface area contributed by atoms with E-state index in [9.17, 15) is 13.5 Å². The first-order valence-corrected chi connectivity index (χ1v) is 10.0. The molecule has 0 aromatic carbocycles. The van der Waals surface area contributed by atoms with Gasteiger partial charge in [-0.1, -0.05) is 6.92 Å². The van der Waals surface area contributed by atoms with Crippen molar-refractivity contribution in [2.75, 3.05) is 11.5 Å². The van der Waals surface area contributed by atoms with E-state index in [0.29, 0.717) is 11.7 Å². The van der Waals surface area contributed by atoms with E-state index in [0.717, 1.165) is 30.8 Å². The lowest BCUT2D eigenvalue weighted by atomic mass is 10.3. The third-order valence-electron chi connectivity index (χ3n) is 3.58. The van der Waals surface area contributed by atoms with E-state index in [1.54, 1.807) is 12.3 Å². The minimum absolute atomic E-state index is 0.0871. The zero-order valence-corrected chi connectivity index (χ0v) is 14.2. The molecule has 0 saturated heterocycles. The first kappa shape index (κ1) is 16.9. The largest absolute Gasteiger partial charge is 0.390 e. The standard InChI is InChI=1S/C14H24N2O3S2/c1-3-20-7-6-11(2)15-21(18,19)14-8-13(10-17)16(9-14)12-4-5-12/h8-9,11-12,15,17H,3-7,10H2,1-2H3. The molecule has 1 saturated carbocycles. The highest BCUT2D eigenvalue weighted by molar-refractivity contribution is 7.99. The third-order valence-corrected chi connectivity index (χ3v) is 6.06. The average Bonchev–Trinajstić information content (AvgIpc) is 3.17. The summed E-state index contributed by atoms with van der Waals surface area (Å²) in [5.41, 5.74) is 0.673. The Morgan fingerprint density at radius 1 is 1.52 bits per heavy atom. The van der Waals surface area contributed by atoms with Crippen LogP contribution in [0.1, 0.15) is 44.8 Å². The highest BCUT2D eigenvalue weighted by Gasteiger charge is 2.28. The summed E-state index contributed by atoms with van der Waals surface area (Å²) in [6.07, 6.45) is 4.57. The Balaban J connectivity index is 2.05. The topological polar surface area (TPSA) is 71.3 Å². The quantitative estimate of drug-likeness (QED) is 0.680. The summed E-state index contributed by atoms with van der Waals surface area (Å²) in [5, 5.41) is 9.36. The van der Waals surface area contributed by atoms with Crippen LogP contribution in [0.2, 0.25) is 0 Å². The molecule has 1 aliphatic carbocycles. The third kappa shape index (κ3) is 4.48. The van der Waals surface area contributed by atoms with Gasteiger partial charge in [-0.2, -0.15) is 11.8 Å². The maximum absolute atomic E-state index is 12.4. The van der Waals surface area contributed by atoms with Crippen molar-refractivity contribution in [3.8, 4) is 0 Å². The van der Waals surface area contributed by atoms with E-state index >= 15 is 0 Å². The van der Waals surface area contributed by atoms with Gasteiger partial charge in [-0.15, -0.1) is 0 Å². The molecule has 0 amide bonds. The first-order valence-electron chi connectivity index (χ1n) is 7.39. The van der Waals surface area contributed by atoms with Crippen LogP contribution < -0.4 is 4.72 Å². The van der Waals surface area contributed by atoms with E-state index < -0.39 is 10.0 Å². The Morgan fingerprint density at radius 2 is 2.24 bits per heavy atom. The van der Waals surface area contributed by atoms with Crippen molar-refractivity contribution < 1.29 is 13.5 Å². The maximum Gasteiger partial charge on any atom is 0.242 e. The molecule has 2 rings (SSSR count). The molecule has 120 valence electrons. The molecular formula is C14H24N2O3S2. The van der Waals surface area contributed by atoms with Gasteiger partial charge in [0.25, 0.3) is 0 Å². The highest BCUT2D eigenvalue weighted by atomic mass is 32.2. The Bertz CT molecular complexity index is 565. The van der Waals surface area contributed by atoms with Crippen molar-refractivity contribution in [3.63, 3.8) is 0 Å². The molecule has 1 unspecified atom stereocenters. The van der Waals surface area contributed by atoms with Crippen molar-refractivity contribution in [3.05, 3.63) is 18.0 Å². The molecule has 0 aliphatic heterocycles. The van der Waals surface area contributed by atoms with Gasteiger partial charge in [0.05, 0.1) is 11.5 Å². The fourth-order valence-electron chi connectivity index (χ4n) is 2.26. The maximum atomic E-state index is 12.4. The van der Waals surface area contributed by atoms with Crippen LogP contribution in [0.15, 0.2) is 17.2 Å². The Morgan fingerprint density at radius 3 is 2.81 bits per heavy atom. The van der Waals surface area contributed by atoms with Crippen molar-refractivity contribution in [2.45, 2.75) is 56.7 Å². The van der Waals surface area contributed by atoms with Crippen LogP contribution >= 0.6 is 11.8 Å². The van der Waals surface area contributed by atoms with Crippen LogP contribution in [0, 0.1) is 0 Å². The van der Waals surface area contributed by atoms with Gasteiger partial charge in [0.15, 0.2) is 0 Å². The van der Waals surface area contributed by atoms with Gasteiger partial charge in [0, 0.05) is 24.0 Å². The predicted octanol–water partition coefficient (Wildman–Crippen LogP) is 2.13. The number of hydrogen-bond acceptors (Lipinski definition) is 4. The molecule has 0 radical (unpaired) electrons. The highest BCUT2D eigenvalue weighted by Crippen LogP contribution is 2.37. The lowest BCUT2D eigenvalue weighted by Crippen LogP contribution is -2.32. The van der Waals surface area contributed by atoms with E-state index in [-0.39, 0.29) is 17.5 Å². The van der Waals surface area contributed by atoms with Gasteiger partial charge < -0.3 is 9.67 Å². The fraction of sp³-hybridized carbons (Fsp3) is 0.714. The molecule has 1 heterocycles. The van der Waals surface area contributed by atoms with E-state index in [2.05, 4.69) is 11.6 Å². The minimum atomic E-state index is -3.51. The molecule has 1 aromatic heterocycles. The summed E-state index contributed by atoms with van der Waals surface area (Å²) in [6, 6.07) is 1.85. The molecule has 1 fully saturated rings. The number of thioether (sulfide) groups is 1. The molecule has 0 spiro atoms. The SMILES string of the molecule is CCSCCC(C)NS(=O)(=O)c1cc(CO)n(C2CC2)c1. The zero-order valence-electron chi connectivity index (χ0n) is 12.6. The zero-order chi connectivity index (χ0) is 15.5. The van der Waals surface area contributed by atoms with Crippen molar-refractivity contribution in [2.24, 2.45) is 0 Å². The summed E-state index contributed by atoms with van der Waals surface area (Å²) in [6.45, 7) is 3.85. The summed E-state index contributed by atoms with van der Waals surface area (Å²) in [7, 11) is -3.51. The Kier molecular flexibility index (Phi) is 5.76. The predicted molar refractivity (Wildman–Crippen MR) is 86.0 cm³/mol. The normalized spacial score (nSPS) is 17.1. The number of sulfonamides is 1. The fourth-order valence-corrected chi connectivity index (χ4v) is 4.40. The van der Waals surface area contributed by atoms with Crippen molar-refractivity contribution in [1.29, 1.82) is 0 Å². The molecule has 2 N–H and O–H groups in total. The minimum Gasteiger partial charge on any atom is -0.390 e. The van der Waals surface area contributed by atoms with Gasteiger partial charge in [0.2, 0.25) is 10.0 Å². The summed E-state index contributed by atoms with van der Waals surface area (Å²) in [5.74, 6) is 1.99. The number of aliphatic hydroxyl groups excluding tert-OH is 1. The number of rotatable bonds is 9. The first-order chi connectivity index (χ1) is 9.97. The van der Waals surface area contributed by atoms with Crippen LogP contribution in [-0.2, 0) is 16.6 Å². The second kappa shape index (κ2) is 7.17. The molecule has 1 atom stereocenters. The number of aromatic nitrogens is 1. The van der Waals surface area contributed by atoms with Crippen LogP contribution in [0.4, 0.5) is 0 Å². The average molecular weight is 332 g/mol. The molecule has 1 aromatic rings. The van der Waals surface area contributed by atoms with Crippen molar-refractivity contribution >= 4 is 21.8 Å². The van der Waals surface area contributed by atoms with E-state index in [1.165, 1.54) is 0 Å². The molecule has 21 heavy (non-hydrogen) atoms. The number of aliphatic hydroxyl groups is 1. The van der Waals surface area contributed by atoms with E-state index in [1.807, 2.05) is 23.3 Å². The smallest absolute Gasteiger partial charge is 0.242 e. The second-order valence-corrected chi connectivity index (χ2v) is 8.58. The number of nitrogens with one attached hydrogen (secondary N) is 1.